The first-order valence-corrected chi connectivity index (χ1v) is 12.2. The van der Waals surface area contributed by atoms with E-state index in [2.05, 4.69) is 11.9 Å². The predicted octanol–water partition coefficient (Wildman–Crippen LogP) is 3.36. The van der Waals surface area contributed by atoms with Gasteiger partial charge in [-0.15, -0.1) is 24.8 Å². The van der Waals surface area contributed by atoms with E-state index >= 15 is 0 Å². The van der Waals surface area contributed by atoms with Gasteiger partial charge in [0, 0.05) is 13.0 Å². The van der Waals surface area contributed by atoms with Crippen molar-refractivity contribution in [1.82, 2.24) is 0 Å². The van der Waals surface area contributed by atoms with Crippen LogP contribution >= 0.6 is 24.8 Å². The minimum atomic E-state index is -1.07. The van der Waals surface area contributed by atoms with Gasteiger partial charge in [-0.1, -0.05) is 71.1 Å². The smallest absolute Gasteiger partial charge is 0.323 e. The van der Waals surface area contributed by atoms with Crippen molar-refractivity contribution in [3.8, 4) is 0 Å². The molecule has 0 saturated carbocycles. The Labute approximate surface area is 217 Å². The van der Waals surface area contributed by atoms with Crippen molar-refractivity contribution in [2.24, 2.45) is 22.2 Å². The number of rotatable bonds is 21. The van der Waals surface area contributed by atoms with Gasteiger partial charge in [0.1, 0.15) is 25.4 Å². The Morgan fingerprint density at radius 1 is 0.824 bits per heavy atom. The Balaban J connectivity index is -0.00000480. The summed E-state index contributed by atoms with van der Waals surface area (Å²) < 4.78 is 10.00. The Morgan fingerprint density at radius 3 is 1.85 bits per heavy atom. The van der Waals surface area contributed by atoms with Crippen molar-refractivity contribution >= 4 is 42.7 Å². The molecule has 0 aliphatic rings. The zero-order valence-corrected chi connectivity index (χ0v) is 22.4. The van der Waals surface area contributed by atoms with Crippen molar-refractivity contribution in [1.29, 1.82) is 0 Å². The molecule has 0 saturated heterocycles. The normalized spacial score (nSPS) is 12.0. The number of carbonyl (C=O) groups excluding carboxylic acids is 2. The van der Waals surface area contributed by atoms with Gasteiger partial charge in [-0.2, -0.15) is 0 Å². The van der Waals surface area contributed by atoms with Crippen LogP contribution in [0.5, 0.6) is 0 Å². The van der Waals surface area contributed by atoms with Crippen molar-refractivity contribution in [2.45, 2.75) is 109 Å². The summed E-state index contributed by atoms with van der Waals surface area (Å²) in [6, 6.07) is -0.819. The van der Waals surface area contributed by atoms with E-state index in [9.17, 15) is 14.7 Å². The molecule has 0 spiro atoms. The number of unbranched alkanes of at least 4 members (excludes halogenated alkanes) is 10. The number of halogens is 2. The highest BCUT2D eigenvalue weighted by molar-refractivity contribution is 5.85. The first-order chi connectivity index (χ1) is 15.4. The fourth-order valence-electron chi connectivity index (χ4n) is 3.17. The number of aliphatic hydroxyl groups excluding tert-OH is 1. The van der Waals surface area contributed by atoms with E-state index in [0.29, 0.717) is 25.8 Å². The fraction of sp³-hybridized carbons (Fsp3) is 0.870. The maximum Gasteiger partial charge on any atom is 0.323 e. The molecule has 0 aromatic carbocycles. The number of hydrogen-bond acceptors (Lipinski definition) is 7. The lowest BCUT2D eigenvalue weighted by molar-refractivity contribution is -0.153. The van der Waals surface area contributed by atoms with E-state index in [4.69, 9.17) is 26.7 Å². The second kappa shape index (κ2) is 26.3. The monoisotopic (exact) mass is 530 g/mol. The van der Waals surface area contributed by atoms with Gasteiger partial charge in [0.05, 0.1) is 0 Å². The third-order valence-corrected chi connectivity index (χ3v) is 5.11. The molecule has 0 heterocycles. The standard InChI is InChI=1S/C23H46N4O5.2ClH/c1-2-3-4-5-6-7-8-9-10-11-12-15-21(29)31-17-19(28)18-32-22(30)20(24)14-13-16-27-23(25)26;;/h19-20,28H,2-18,24H2,1H3,(H4,25,26,27);2*1H/t19?,20-;;/m0../s1. The van der Waals surface area contributed by atoms with Crippen LogP contribution in [0, 0.1) is 0 Å². The average molecular weight is 532 g/mol. The third-order valence-electron chi connectivity index (χ3n) is 5.11. The summed E-state index contributed by atoms with van der Waals surface area (Å²) in [5.74, 6) is -0.980. The van der Waals surface area contributed by atoms with E-state index in [-0.39, 0.29) is 50.0 Å². The largest absolute Gasteiger partial charge is 0.463 e. The van der Waals surface area contributed by atoms with Crippen molar-refractivity contribution in [2.75, 3.05) is 19.8 Å². The average Bonchev–Trinajstić information content (AvgIpc) is 2.76. The molecular weight excluding hydrogens is 483 g/mol. The van der Waals surface area contributed by atoms with Crippen molar-refractivity contribution in [3.63, 3.8) is 0 Å². The second-order valence-electron chi connectivity index (χ2n) is 8.31. The first-order valence-electron chi connectivity index (χ1n) is 12.2. The molecule has 11 heteroatoms. The molecule has 2 atom stereocenters. The van der Waals surface area contributed by atoms with Crippen LogP contribution in [0.4, 0.5) is 0 Å². The number of carbonyl (C=O) groups is 2. The minimum absolute atomic E-state index is 0. The molecule has 1 unspecified atom stereocenters. The molecular formula is C23H48Cl2N4O5. The van der Waals surface area contributed by atoms with Crippen molar-refractivity contribution < 1.29 is 24.2 Å². The summed E-state index contributed by atoms with van der Waals surface area (Å²) in [6.45, 7) is 2.13. The van der Waals surface area contributed by atoms with Crippen LogP contribution in [-0.2, 0) is 19.1 Å². The highest BCUT2D eigenvalue weighted by Gasteiger charge is 2.17. The van der Waals surface area contributed by atoms with Gasteiger partial charge in [0.25, 0.3) is 0 Å². The Kier molecular flexibility index (Phi) is 28.8. The molecule has 204 valence electrons. The van der Waals surface area contributed by atoms with Gasteiger partial charge in [-0.05, 0) is 19.3 Å². The lowest BCUT2D eigenvalue weighted by Gasteiger charge is -2.14. The summed E-state index contributed by atoms with van der Waals surface area (Å²) in [4.78, 5) is 27.4. The Morgan fingerprint density at radius 2 is 1.32 bits per heavy atom. The molecule has 9 nitrogen and oxygen atoms in total. The zero-order chi connectivity index (χ0) is 24.0. The predicted molar refractivity (Wildman–Crippen MR) is 141 cm³/mol. The van der Waals surface area contributed by atoms with Gasteiger partial charge in [-0.3, -0.25) is 14.6 Å². The molecule has 34 heavy (non-hydrogen) atoms. The second-order valence-corrected chi connectivity index (χ2v) is 8.31. The minimum Gasteiger partial charge on any atom is -0.463 e. The SMILES string of the molecule is CCCCCCCCCCCCCC(=O)OCC(O)COC(=O)[C@@H](N)CCCN=C(N)N.Cl.Cl. The molecule has 0 amide bonds. The first kappa shape index (κ1) is 37.3. The molecule has 0 bridgehead atoms. The number of hydrogen-bond donors (Lipinski definition) is 4. The molecule has 0 aliphatic carbocycles. The summed E-state index contributed by atoms with van der Waals surface area (Å²) in [5.41, 5.74) is 16.1. The topological polar surface area (TPSA) is 163 Å². The van der Waals surface area contributed by atoms with E-state index in [1.54, 1.807) is 0 Å². The Hall–Kier alpha value is -1.29. The van der Waals surface area contributed by atoms with Crippen LogP contribution in [-0.4, -0.2) is 54.9 Å². The van der Waals surface area contributed by atoms with Gasteiger partial charge in [-0.25, -0.2) is 0 Å². The van der Waals surface area contributed by atoms with E-state index in [0.717, 1.165) is 19.3 Å². The molecule has 0 aromatic heterocycles. The lowest BCUT2D eigenvalue weighted by Crippen LogP contribution is -2.35. The lowest BCUT2D eigenvalue weighted by atomic mass is 10.1. The quantitative estimate of drug-likeness (QED) is 0.0758. The van der Waals surface area contributed by atoms with Gasteiger partial charge in [0.2, 0.25) is 0 Å². The van der Waals surface area contributed by atoms with Crippen LogP contribution in [0.2, 0.25) is 0 Å². The number of aliphatic imine (C=N–C) groups is 1. The summed E-state index contributed by atoms with van der Waals surface area (Å²) >= 11 is 0. The van der Waals surface area contributed by atoms with Crippen LogP contribution in [0.3, 0.4) is 0 Å². The summed E-state index contributed by atoms with van der Waals surface area (Å²) in [7, 11) is 0. The van der Waals surface area contributed by atoms with Crippen LogP contribution in [0.15, 0.2) is 4.99 Å². The third kappa shape index (κ3) is 25.3. The van der Waals surface area contributed by atoms with Crippen LogP contribution < -0.4 is 17.2 Å². The van der Waals surface area contributed by atoms with E-state index in [1.165, 1.54) is 51.4 Å². The highest BCUT2D eigenvalue weighted by atomic mass is 35.5. The summed E-state index contributed by atoms with van der Waals surface area (Å²) in [5, 5.41) is 9.82. The molecule has 0 aliphatic heterocycles. The zero-order valence-electron chi connectivity index (χ0n) is 20.8. The molecule has 0 aromatic rings. The number of ether oxygens (including phenoxy) is 2. The van der Waals surface area contributed by atoms with E-state index < -0.39 is 18.1 Å². The number of guanidine groups is 1. The fourth-order valence-corrected chi connectivity index (χ4v) is 3.17. The number of esters is 2. The van der Waals surface area contributed by atoms with Gasteiger partial charge < -0.3 is 31.8 Å². The van der Waals surface area contributed by atoms with Gasteiger partial charge in [0.15, 0.2) is 5.96 Å². The highest BCUT2D eigenvalue weighted by Crippen LogP contribution is 2.12. The van der Waals surface area contributed by atoms with E-state index in [1.807, 2.05) is 0 Å². The van der Waals surface area contributed by atoms with Crippen LogP contribution in [0.25, 0.3) is 0 Å². The molecule has 0 rings (SSSR count). The molecule has 0 radical (unpaired) electrons. The maximum absolute atomic E-state index is 11.8. The molecule has 0 fully saturated rings. The van der Waals surface area contributed by atoms with Crippen LogP contribution in [0.1, 0.15) is 96.8 Å². The molecule has 7 N–H and O–H groups in total. The van der Waals surface area contributed by atoms with Gasteiger partial charge >= 0.3 is 11.9 Å². The van der Waals surface area contributed by atoms with Crippen molar-refractivity contribution in [3.05, 3.63) is 0 Å². The number of nitrogens with two attached hydrogens (primary N) is 3. The maximum atomic E-state index is 11.8. The number of nitrogens with zero attached hydrogens (tertiary/aromatic N) is 1. The Bertz CT molecular complexity index is 524. The number of aliphatic hydroxyl groups is 1. The summed E-state index contributed by atoms with van der Waals surface area (Å²) in [6.07, 6.45) is 13.5.